The molecule has 0 radical (unpaired) electrons. The van der Waals surface area contributed by atoms with Crippen LogP contribution in [0, 0.1) is 20.8 Å². The molecule has 0 amide bonds. The number of hydrogen-bond donors (Lipinski definition) is 2. The fourth-order valence-electron chi connectivity index (χ4n) is 3.00. The summed E-state index contributed by atoms with van der Waals surface area (Å²) in [7, 11) is -4.25. The predicted octanol–water partition coefficient (Wildman–Crippen LogP) is 3.26. The van der Waals surface area contributed by atoms with Crippen molar-refractivity contribution in [2.24, 2.45) is 0 Å². The largest absolute Gasteiger partial charge is 0.416 e. The number of aromatic nitrogens is 4. The van der Waals surface area contributed by atoms with Gasteiger partial charge in [0.25, 0.3) is 15.6 Å². The van der Waals surface area contributed by atoms with Crippen molar-refractivity contribution in [1.29, 1.82) is 0 Å². The zero-order valence-corrected chi connectivity index (χ0v) is 17.9. The summed E-state index contributed by atoms with van der Waals surface area (Å²) in [5, 5.41) is 4.25. The van der Waals surface area contributed by atoms with Crippen molar-refractivity contribution in [1.82, 2.24) is 19.7 Å². The van der Waals surface area contributed by atoms with Gasteiger partial charge in [-0.05, 0) is 51.5 Å². The standard InChI is InChI=1S/C19H20F3N5O3S/c1-5-15-12(4)23-18(24-17(15)28)27-16(10(2)11(3)25-27)26-31(29,30)14-8-6-13(7-9-14)19(20,21)22/h6-9,26H,5H2,1-4H3,(H,23,24,28). The second-order valence-electron chi connectivity index (χ2n) is 6.91. The van der Waals surface area contributed by atoms with Gasteiger partial charge in [0.2, 0.25) is 5.95 Å². The van der Waals surface area contributed by atoms with Gasteiger partial charge in [-0.25, -0.2) is 13.4 Å². The Bertz CT molecular complexity index is 1290. The van der Waals surface area contributed by atoms with E-state index in [-0.39, 0.29) is 22.2 Å². The fourth-order valence-corrected chi connectivity index (χ4v) is 4.11. The molecule has 0 aliphatic rings. The maximum Gasteiger partial charge on any atom is 0.416 e. The summed E-state index contributed by atoms with van der Waals surface area (Å²) in [6.45, 7) is 6.74. The lowest BCUT2D eigenvalue weighted by Crippen LogP contribution is -2.22. The van der Waals surface area contributed by atoms with Crippen molar-refractivity contribution >= 4 is 15.8 Å². The molecule has 0 unspecified atom stereocenters. The summed E-state index contributed by atoms with van der Waals surface area (Å²) < 4.78 is 67.4. The van der Waals surface area contributed by atoms with E-state index in [9.17, 15) is 26.4 Å². The highest BCUT2D eigenvalue weighted by molar-refractivity contribution is 7.92. The number of aromatic amines is 1. The van der Waals surface area contributed by atoms with Gasteiger partial charge in [-0.1, -0.05) is 6.92 Å². The lowest BCUT2D eigenvalue weighted by molar-refractivity contribution is -0.137. The summed E-state index contributed by atoms with van der Waals surface area (Å²) in [5.41, 5.74) is 0.587. The molecule has 0 aliphatic heterocycles. The van der Waals surface area contributed by atoms with Crippen LogP contribution in [-0.4, -0.2) is 28.2 Å². The van der Waals surface area contributed by atoms with E-state index in [1.54, 1.807) is 20.8 Å². The Balaban J connectivity index is 2.06. The molecule has 0 bridgehead atoms. The normalized spacial score (nSPS) is 12.2. The summed E-state index contributed by atoms with van der Waals surface area (Å²) in [4.78, 5) is 18.9. The van der Waals surface area contributed by atoms with Crippen molar-refractivity contribution in [3.05, 3.63) is 62.7 Å². The zero-order valence-electron chi connectivity index (χ0n) is 17.1. The summed E-state index contributed by atoms with van der Waals surface area (Å²) >= 11 is 0. The SMILES string of the molecule is CCc1c(C)nc(-n2nc(C)c(C)c2NS(=O)(=O)c2ccc(C(F)(F)F)cc2)[nH]c1=O. The van der Waals surface area contributed by atoms with E-state index >= 15 is 0 Å². The highest BCUT2D eigenvalue weighted by Gasteiger charge is 2.31. The molecule has 2 heterocycles. The number of H-pyrrole nitrogens is 1. The minimum Gasteiger partial charge on any atom is -0.291 e. The van der Waals surface area contributed by atoms with E-state index in [0.29, 0.717) is 41.1 Å². The first kappa shape index (κ1) is 22.5. The molecule has 0 fully saturated rings. The molecule has 8 nitrogen and oxygen atoms in total. The quantitative estimate of drug-likeness (QED) is 0.614. The first-order chi connectivity index (χ1) is 14.3. The second kappa shape index (κ2) is 7.84. The molecule has 166 valence electrons. The molecule has 12 heteroatoms. The Kier molecular flexibility index (Phi) is 5.70. The van der Waals surface area contributed by atoms with Crippen LogP contribution in [0.25, 0.3) is 5.95 Å². The number of halogens is 3. The molecule has 2 aromatic heterocycles. The zero-order chi connectivity index (χ0) is 23.1. The lowest BCUT2D eigenvalue weighted by Gasteiger charge is -2.13. The lowest BCUT2D eigenvalue weighted by atomic mass is 10.2. The number of hydrogen-bond acceptors (Lipinski definition) is 5. The number of rotatable bonds is 5. The van der Waals surface area contributed by atoms with Gasteiger partial charge in [-0.15, -0.1) is 0 Å². The van der Waals surface area contributed by atoms with Gasteiger partial charge in [0, 0.05) is 16.8 Å². The van der Waals surface area contributed by atoms with Crippen LogP contribution in [0.15, 0.2) is 34.0 Å². The Labute approximate surface area is 176 Å². The summed E-state index contributed by atoms with van der Waals surface area (Å²) in [5.74, 6) is 0.0326. The average Bonchev–Trinajstić information content (AvgIpc) is 2.95. The van der Waals surface area contributed by atoms with Crippen molar-refractivity contribution in [2.45, 2.75) is 45.2 Å². The van der Waals surface area contributed by atoms with E-state index in [4.69, 9.17) is 0 Å². The van der Waals surface area contributed by atoms with Gasteiger partial charge < -0.3 is 0 Å². The van der Waals surface area contributed by atoms with Crippen molar-refractivity contribution in [2.75, 3.05) is 4.72 Å². The molecule has 2 N–H and O–H groups in total. The van der Waals surface area contributed by atoms with Crippen LogP contribution in [0.2, 0.25) is 0 Å². The van der Waals surface area contributed by atoms with Gasteiger partial charge in [-0.2, -0.15) is 23.0 Å². The van der Waals surface area contributed by atoms with Gasteiger partial charge in [0.15, 0.2) is 0 Å². The number of alkyl halides is 3. The second-order valence-corrected chi connectivity index (χ2v) is 8.59. The molecule has 3 rings (SSSR count). The van der Waals surface area contributed by atoms with E-state index in [1.165, 1.54) is 0 Å². The van der Waals surface area contributed by atoms with Crippen molar-refractivity contribution in [3.63, 3.8) is 0 Å². The third kappa shape index (κ3) is 4.33. The highest BCUT2D eigenvalue weighted by Crippen LogP contribution is 2.30. The molecular weight excluding hydrogens is 435 g/mol. The Morgan fingerprint density at radius 2 is 1.71 bits per heavy atom. The third-order valence-corrected chi connectivity index (χ3v) is 6.20. The van der Waals surface area contributed by atoms with Crippen LogP contribution in [0.3, 0.4) is 0 Å². The molecule has 0 saturated carbocycles. The third-order valence-electron chi connectivity index (χ3n) is 4.85. The van der Waals surface area contributed by atoms with Crippen LogP contribution in [0.5, 0.6) is 0 Å². The topological polar surface area (TPSA) is 110 Å². The minimum absolute atomic E-state index is 0.0148. The maximum absolute atomic E-state index is 12.8. The Morgan fingerprint density at radius 3 is 2.23 bits per heavy atom. The number of nitrogens with one attached hydrogen (secondary N) is 2. The number of sulfonamides is 1. The van der Waals surface area contributed by atoms with Crippen LogP contribution in [-0.2, 0) is 22.6 Å². The van der Waals surface area contributed by atoms with Gasteiger partial charge >= 0.3 is 6.18 Å². The number of anilines is 1. The van der Waals surface area contributed by atoms with E-state index < -0.39 is 21.8 Å². The Hall–Kier alpha value is -3.15. The van der Waals surface area contributed by atoms with Gasteiger partial charge in [-0.3, -0.25) is 14.5 Å². The molecule has 1 aromatic carbocycles. The summed E-state index contributed by atoms with van der Waals surface area (Å²) in [6, 6.07) is 3.12. The monoisotopic (exact) mass is 455 g/mol. The van der Waals surface area contributed by atoms with E-state index in [2.05, 4.69) is 19.8 Å². The molecule has 0 saturated heterocycles. The van der Waals surface area contributed by atoms with Crippen LogP contribution < -0.4 is 10.3 Å². The first-order valence-corrected chi connectivity index (χ1v) is 10.7. The maximum atomic E-state index is 12.8. The first-order valence-electron chi connectivity index (χ1n) is 9.21. The van der Waals surface area contributed by atoms with Crippen LogP contribution >= 0.6 is 0 Å². The molecule has 3 aromatic rings. The van der Waals surface area contributed by atoms with Crippen LogP contribution in [0.4, 0.5) is 19.0 Å². The highest BCUT2D eigenvalue weighted by atomic mass is 32.2. The van der Waals surface area contributed by atoms with Gasteiger partial charge in [0.05, 0.1) is 16.2 Å². The van der Waals surface area contributed by atoms with Crippen molar-refractivity contribution in [3.8, 4) is 5.95 Å². The van der Waals surface area contributed by atoms with Crippen LogP contribution in [0.1, 0.15) is 35.0 Å². The van der Waals surface area contributed by atoms with Gasteiger partial charge in [0.1, 0.15) is 5.82 Å². The predicted molar refractivity (Wildman–Crippen MR) is 108 cm³/mol. The number of benzene rings is 1. The van der Waals surface area contributed by atoms with Crippen molar-refractivity contribution < 1.29 is 21.6 Å². The molecule has 0 atom stereocenters. The minimum atomic E-state index is -4.58. The number of aryl methyl sites for hydroxylation is 2. The average molecular weight is 455 g/mol. The van der Waals surface area contributed by atoms with E-state index in [1.807, 2.05) is 6.92 Å². The summed E-state index contributed by atoms with van der Waals surface area (Å²) in [6.07, 6.45) is -4.11. The molecule has 0 aliphatic carbocycles. The van der Waals surface area contributed by atoms with E-state index in [0.717, 1.165) is 16.8 Å². The molecule has 31 heavy (non-hydrogen) atoms. The fraction of sp³-hybridized carbons (Fsp3) is 0.316. The Morgan fingerprint density at radius 1 is 1.10 bits per heavy atom. The molecule has 0 spiro atoms. The number of nitrogens with zero attached hydrogens (tertiary/aromatic N) is 3. The smallest absolute Gasteiger partial charge is 0.291 e. The molecular formula is C19H20F3N5O3S.